The minimum atomic E-state index is -0.573. The highest BCUT2D eigenvalue weighted by molar-refractivity contribution is 7.18. The van der Waals surface area contributed by atoms with Gasteiger partial charge in [0.2, 0.25) is 5.91 Å². The lowest BCUT2D eigenvalue weighted by atomic mass is 10.1. The molecule has 1 aromatic rings. The SMILES string of the molecule is CCOC(=O)c1sc(NC(=O)CN2C[C@H](C)O[C@@H](C)C2)c(C(=O)OCC)c1C. The maximum Gasteiger partial charge on any atom is 0.348 e. The van der Waals surface area contributed by atoms with E-state index in [1.165, 1.54) is 0 Å². The lowest BCUT2D eigenvalue weighted by molar-refractivity contribution is -0.121. The quantitative estimate of drug-likeness (QED) is 0.688. The second-order valence-corrected chi connectivity index (χ2v) is 7.72. The van der Waals surface area contributed by atoms with Crippen LogP contribution in [-0.4, -0.2) is 67.8 Å². The van der Waals surface area contributed by atoms with Crippen molar-refractivity contribution < 1.29 is 28.6 Å². The summed E-state index contributed by atoms with van der Waals surface area (Å²) in [6, 6.07) is 0. The van der Waals surface area contributed by atoms with Crippen LogP contribution in [0.4, 0.5) is 5.00 Å². The molecule has 0 bridgehead atoms. The van der Waals surface area contributed by atoms with Crippen molar-refractivity contribution in [2.24, 2.45) is 0 Å². The van der Waals surface area contributed by atoms with Gasteiger partial charge in [0.25, 0.3) is 0 Å². The first-order valence-corrected chi connectivity index (χ1v) is 10.2. The molecule has 28 heavy (non-hydrogen) atoms. The number of hydrogen-bond acceptors (Lipinski definition) is 8. The Hall–Kier alpha value is -1.97. The zero-order valence-corrected chi connectivity index (χ0v) is 17.8. The summed E-state index contributed by atoms with van der Waals surface area (Å²) in [7, 11) is 0. The van der Waals surface area contributed by atoms with Crippen LogP contribution in [0.5, 0.6) is 0 Å². The normalized spacial score (nSPS) is 19.9. The topological polar surface area (TPSA) is 94.2 Å². The molecule has 0 aliphatic carbocycles. The van der Waals surface area contributed by atoms with E-state index >= 15 is 0 Å². The fourth-order valence-corrected chi connectivity index (χ4v) is 4.33. The zero-order valence-electron chi connectivity index (χ0n) is 17.0. The van der Waals surface area contributed by atoms with E-state index in [4.69, 9.17) is 14.2 Å². The first kappa shape index (κ1) is 22.3. The minimum absolute atomic E-state index is 0.0473. The standard InChI is InChI=1S/C19H28N2O6S/c1-6-25-18(23)15-13(5)16(19(24)26-7-2)28-17(15)20-14(22)10-21-8-11(3)27-12(4)9-21/h11-12H,6-10H2,1-5H3,(H,20,22)/t11-,12-/m0/s1. The van der Waals surface area contributed by atoms with Crippen molar-refractivity contribution in [1.82, 2.24) is 4.90 Å². The molecule has 1 saturated heterocycles. The third-order valence-corrected chi connectivity index (χ3v) is 5.39. The summed E-state index contributed by atoms with van der Waals surface area (Å²) in [6.07, 6.45) is 0.0945. The summed E-state index contributed by atoms with van der Waals surface area (Å²) >= 11 is 1.03. The van der Waals surface area contributed by atoms with Gasteiger partial charge in [-0.1, -0.05) is 0 Å². The Morgan fingerprint density at radius 3 is 2.25 bits per heavy atom. The highest BCUT2D eigenvalue weighted by Crippen LogP contribution is 2.34. The molecule has 8 nitrogen and oxygen atoms in total. The van der Waals surface area contributed by atoms with Crippen LogP contribution < -0.4 is 5.32 Å². The summed E-state index contributed by atoms with van der Waals surface area (Å²) < 4.78 is 15.8. The molecular weight excluding hydrogens is 384 g/mol. The Balaban J connectivity index is 2.20. The van der Waals surface area contributed by atoms with Gasteiger partial charge >= 0.3 is 11.9 Å². The average molecular weight is 413 g/mol. The van der Waals surface area contributed by atoms with Gasteiger partial charge in [0, 0.05) is 13.1 Å². The van der Waals surface area contributed by atoms with Gasteiger partial charge in [-0.25, -0.2) is 9.59 Å². The van der Waals surface area contributed by atoms with Gasteiger partial charge in [-0.05, 0) is 40.2 Å². The molecule has 156 valence electrons. The Labute approximate surface area is 169 Å². The van der Waals surface area contributed by atoms with E-state index in [-0.39, 0.29) is 48.3 Å². The van der Waals surface area contributed by atoms with E-state index in [1.54, 1.807) is 20.8 Å². The van der Waals surface area contributed by atoms with Crippen LogP contribution >= 0.6 is 11.3 Å². The van der Waals surface area contributed by atoms with Crippen LogP contribution in [0.1, 0.15) is 53.3 Å². The molecule has 0 aromatic carbocycles. The largest absolute Gasteiger partial charge is 0.462 e. The van der Waals surface area contributed by atoms with E-state index in [1.807, 2.05) is 18.7 Å². The van der Waals surface area contributed by atoms with Crippen LogP contribution in [0.15, 0.2) is 0 Å². The molecule has 2 rings (SSSR count). The van der Waals surface area contributed by atoms with Gasteiger partial charge in [0.05, 0.1) is 37.5 Å². The number of carbonyl (C=O) groups excluding carboxylic acids is 3. The zero-order chi connectivity index (χ0) is 20.8. The van der Waals surface area contributed by atoms with Gasteiger partial charge in [-0.2, -0.15) is 0 Å². The second kappa shape index (κ2) is 9.99. The van der Waals surface area contributed by atoms with E-state index in [0.717, 1.165) is 11.3 Å². The lowest BCUT2D eigenvalue weighted by Crippen LogP contribution is -2.48. The number of thiophene rings is 1. The molecule has 0 radical (unpaired) electrons. The number of amides is 1. The molecule has 9 heteroatoms. The fourth-order valence-electron chi connectivity index (χ4n) is 3.22. The van der Waals surface area contributed by atoms with Crippen LogP contribution in [0.3, 0.4) is 0 Å². The predicted molar refractivity (Wildman–Crippen MR) is 106 cm³/mol. The number of esters is 2. The van der Waals surface area contributed by atoms with Crippen molar-refractivity contribution >= 4 is 34.2 Å². The summed E-state index contributed by atoms with van der Waals surface area (Å²) in [6.45, 7) is 10.9. The Bertz CT molecular complexity index is 722. The van der Waals surface area contributed by atoms with Gasteiger partial charge in [0.1, 0.15) is 9.88 Å². The average Bonchev–Trinajstić information content (AvgIpc) is 2.90. The summed E-state index contributed by atoms with van der Waals surface area (Å²) in [4.78, 5) is 39.5. The fraction of sp³-hybridized carbons (Fsp3) is 0.632. The van der Waals surface area contributed by atoms with Crippen molar-refractivity contribution in [1.29, 1.82) is 0 Å². The highest BCUT2D eigenvalue weighted by atomic mass is 32.1. The Morgan fingerprint density at radius 1 is 1.11 bits per heavy atom. The van der Waals surface area contributed by atoms with Crippen molar-refractivity contribution in [3.05, 3.63) is 16.0 Å². The summed E-state index contributed by atoms with van der Waals surface area (Å²) in [5.41, 5.74) is 0.651. The number of ether oxygens (including phenoxy) is 3. The Kier molecular flexibility index (Phi) is 7.97. The maximum absolute atomic E-state index is 12.6. The minimum Gasteiger partial charge on any atom is -0.462 e. The van der Waals surface area contributed by atoms with Crippen molar-refractivity contribution in [2.75, 3.05) is 38.2 Å². The monoisotopic (exact) mass is 412 g/mol. The molecular formula is C19H28N2O6S. The first-order chi connectivity index (χ1) is 13.3. The second-order valence-electron chi connectivity index (χ2n) is 6.70. The molecule has 0 saturated carbocycles. The number of carbonyl (C=O) groups is 3. The van der Waals surface area contributed by atoms with Crippen LogP contribution in [-0.2, 0) is 19.0 Å². The van der Waals surface area contributed by atoms with Crippen LogP contribution in [0.25, 0.3) is 0 Å². The third kappa shape index (κ3) is 5.52. The van der Waals surface area contributed by atoms with E-state index in [9.17, 15) is 14.4 Å². The van der Waals surface area contributed by atoms with Crippen LogP contribution in [0, 0.1) is 6.92 Å². The lowest BCUT2D eigenvalue weighted by Gasteiger charge is -2.34. The molecule has 0 spiro atoms. The summed E-state index contributed by atoms with van der Waals surface area (Å²) in [5, 5.41) is 3.08. The first-order valence-electron chi connectivity index (χ1n) is 9.42. The number of morpholine rings is 1. The molecule has 1 aliphatic rings. The number of rotatable bonds is 7. The van der Waals surface area contributed by atoms with Gasteiger partial charge in [-0.15, -0.1) is 11.3 Å². The van der Waals surface area contributed by atoms with Gasteiger partial charge < -0.3 is 19.5 Å². The van der Waals surface area contributed by atoms with E-state index in [0.29, 0.717) is 23.7 Å². The van der Waals surface area contributed by atoms with Crippen molar-refractivity contribution in [3.63, 3.8) is 0 Å². The van der Waals surface area contributed by atoms with Crippen molar-refractivity contribution in [2.45, 2.75) is 46.8 Å². The van der Waals surface area contributed by atoms with E-state index in [2.05, 4.69) is 5.32 Å². The van der Waals surface area contributed by atoms with Gasteiger partial charge in [0.15, 0.2) is 0 Å². The molecule has 0 unspecified atom stereocenters. The molecule has 1 aliphatic heterocycles. The molecule has 1 aromatic heterocycles. The Morgan fingerprint density at radius 2 is 1.68 bits per heavy atom. The smallest absolute Gasteiger partial charge is 0.348 e. The number of nitrogens with one attached hydrogen (secondary N) is 1. The molecule has 2 heterocycles. The van der Waals surface area contributed by atoms with Gasteiger partial charge in [-0.3, -0.25) is 9.69 Å². The number of hydrogen-bond donors (Lipinski definition) is 1. The third-order valence-electron chi connectivity index (χ3n) is 4.20. The maximum atomic E-state index is 12.6. The molecule has 2 atom stereocenters. The van der Waals surface area contributed by atoms with Crippen molar-refractivity contribution in [3.8, 4) is 0 Å². The number of anilines is 1. The van der Waals surface area contributed by atoms with E-state index < -0.39 is 11.9 Å². The predicted octanol–water partition coefficient (Wildman–Crippen LogP) is 2.46. The molecule has 1 fully saturated rings. The van der Waals surface area contributed by atoms with Crippen LogP contribution in [0.2, 0.25) is 0 Å². The number of nitrogens with zero attached hydrogens (tertiary/aromatic N) is 1. The molecule has 1 N–H and O–H groups in total. The highest BCUT2D eigenvalue weighted by Gasteiger charge is 2.28. The molecule has 1 amide bonds. The summed E-state index contributed by atoms with van der Waals surface area (Å²) in [5.74, 6) is -1.36.